The molecule has 1 aromatic carbocycles. The molecule has 3 rings (SSSR count). The number of esters is 1. The molecule has 1 fully saturated rings. The van der Waals surface area contributed by atoms with Crippen LogP contribution in [0, 0.1) is 0 Å². The molecule has 0 radical (unpaired) electrons. The third-order valence-corrected chi connectivity index (χ3v) is 5.78. The fourth-order valence-electron chi connectivity index (χ4n) is 3.18. The largest absolute Gasteiger partial charge is 0.462 e. The molecule has 29 heavy (non-hydrogen) atoms. The molecular formula is C21H25N3O4S. The van der Waals surface area contributed by atoms with Gasteiger partial charge in [0.15, 0.2) is 5.16 Å². The summed E-state index contributed by atoms with van der Waals surface area (Å²) >= 11 is 1.37. The number of carbonyl (C=O) groups is 2. The number of aromatic nitrogens is 2. The normalized spacial score (nSPS) is 13.9. The van der Waals surface area contributed by atoms with Gasteiger partial charge in [0.05, 0.1) is 12.8 Å². The summed E-state index contributed by atoms with van der Waals surface area (Å²) in [5.74, 6) is -0.246. The summed E-state index contributed by atoms with van der Waals surface area (Å²) in [6, 6.07) is 9.80. The summed E-state index contributed by atoms with van der Waals surface area (Å²) in [7, 11) is 0. The van der Waals surface area contributed by atoms with Crippen molar-refractivity contribution >= 4 is 23.6 Å². The van der Waals surface area contributed by atoms with Crippen molar-refractivity contribution in [3.8, 4) is 0 Å². The minimum atomic E-state index is -0.719. The van der Waals surface area contributed by atoms with Gasteiger partial charge in [-0.2, -0.15) is 0 Å². The number of benzene rings is 1. The van der Waals surface area contributed by atoms with Crippen LogP contribution in [-0.2, 0) is 21.8 Å². The van der Waals surface area contributed by atoms with E-state index < -0.39 is 11.5 Å². The van der Waals surface area contributed by atoms with E-state index in [0.29, 0.717) is 24.0 Å². The second-order valence-corrected chi connectivity index (χ2v) is 7.72. The van der Waals surface area contributed by atoms with E-state index in [1.165, 1.54) is 22.5 Å². The molecule has 0 unspecified atom stereocenters. The van der Waals surface area contributed by atoms with Crippen LogP contribution in [0.4, 0.5) is 0 Å². The SMILES string of the molecule is CCOC(=O)c1cnc(SCc2ccccc2)n(CC(=O)N2CCCCC2)c1=O. The lowest BCUT2D eigenvalue weighted by molar-refractivity contribution is -0.132. The summed E-state index contributed by atoms with van der Waals surface area (Å²) in [5.41, 5.74) is 0.386. The Labute approximate surface area is 174 Å². The maximum Gasteiger partial charge on any atom is 0.345 e. The van der Waals surface area contributed by atoms with Gasteiger partial charge in [0.1, 0.15) is 12.1 Å². The predicted molar refractivity (Wildman–Crippen MR) is 111 cm³/mol. The first kappa shape index (κ1) is 21.1. The van der Waals surface area contributed by atoms with E-state index in [1.54, 1.807) is 11.8 Å². The van der Waals surface area contributed by atoms with Crippen LogP contribution in [0.15, 0.2) is 46.5 Å². The van der Waals surface area contributed by atoms with Crippen molar-refractivity contribution < 1.29 is 14.3 Å². The maximum atomic E-state index is 13.0. The number of carbonyl (C=O) groups excluding carboxylic acids is 2. The number of rotatable bonds is 7. The summed E-state index contributed by atoms with van der Waals surface area (Å²) in [6.07, 6.45) is 4.30. The van der Waals surface area contributed by atoms with Crippen LogP contribution in [0.25, 0.3) is 0 Å². The van der Waals surface area contributed by atoms with E-state index in [2.05, 4.69) is 4.98 Å². The zero-order chi connectivity index (χ0) is 20.6. The van der Waals surface area contributed by atoms with Crippen LogP contribution < -0.4 is 5.56 Å². The summed E-state index contributed by atoms with van der Waals surface area (Å²) in [6.45, 7) is 3.11. The predicted octanol–water partition coefficient (Wildman–Crippen LogP) is 2.72. The van der Waals surface area contributed by atoms with Crippen LogP contribution in [0.3, 0.4) is 0 Å². The molecule has 1 amide bonds. The summed E-state index contributed by atoms with van der Waals surface area (Å²) in [4.78, 5) is 43.9. The molecule has 1 saturated heterocycles. The first-order valence-corrected chi connectivity index (χ1v) is 10.8. The highest BCUT2D eigenvalue weighted by molar-refractivity contribution is 7.98. The van der Waals surface area contributed by atoms with Gasteiger partial charge in [0.25, 0.3) is 5.56 Å². The second-order valence-electron chi connectivity index (χ2n) is 6.78. The van der Waals surface area contributed by atoms with Gasteiger partial charge in [-0.25, -0.2) is 9.78 Å². The lowest BCUT2D eigenvalue weighted by atomic mass is 10.1. The highest BCUT2D eigenvalue weighted by Gasteiger charge is 2.22. The number of hydrogen-bond acceptors (Lipinski definition) is 6. The average Bonchev–Trinajstić information content (AvgIpc) is 2.75. The van der Waals surface area contributed by atoms with Crippen LogP contribution in [0.1, 0.15) is 42.1 Å². The van der Waals surface area contributed by atoms with Crippen molar-refractivity contribution in [2.45, 2.75) is 43.6 Å². The molecule has 154 valence electrons. The number of ether oxygens (including phenoxy) is 1. The van der Waals surface area contributed by atoms with Crippen molar-refractivity contribution in [1.29, 1.82) is 0 Å². The molecule has 0 bridgehead atoms. The first-order valence-electron chi connectivity index (χ1n) is 9.81. The molecule has 0 spiro atoms. The number of piperidine rings is 1. The summed E-state index contributed by atoms with van der Waals surface area (Å²) in [5, 5.41) is 0.414. The number of thioether (sulfide) groups is 1. The van der Waals surface area contributed by atoms with Gasteiger partial charge in [-0.1, -0.05) is 42.1 Å². The van der Waals surface area contributed by atoms with Gasteiger partial charge in [0, 0.05) is 18.8 Å². The maximum absolute atomic E-state index is 13.0. The Morgan fingerprint density at radius 2 is 1.86 bits per heavy atom. The van der Waals surface area contributed by atoms with E-state index >= 15 is 0 Å². The van der Waals surface area contributed by atoms with Gasteiger partial charge in [0.2, 0.25) is 5.91 Å². The highest BCUT2D eigenvalue weighted by Crippen LogP contribution is 2.20. The molecule has 0 N–H and O–H groups in total. The Morgan fingerprint density at radius 1 is 1.14 bits per heavy atom. The first-order chi connectivity index (χ1) is 14.1. The van der Waals surface area contributed by atoms with Crippen molar-refractivity contribution in [2.75, 3.05) is 19.7 Å². The second kappa shape index (κ2) is 10.2. The zero-order valence-electron chi connectivity index (χ0n) is 16.5. The third kappa shape index (κ3) is 5.47. The Hall–Kier alpha value is -2.61. The quantitative estimate of drug-likeness (QED) is 0.393. The molecule has 2 heterocycles. The molecule has 1 aromatic heterocycles. The van der Waals surface area contributed by atoms with Crippen molar-refractivity contribution in [3.05, 3.63) is 58.0 Å². The highest BCUT2D eigenvalue weighted by atomic mass is 32.2. The van der Waals surface area contributed by atoms with E-state index in [1.807, 2.05) is 30.3 Å². The minimum absolute atomic E-state index is 0.129. The smallest absolute Gasteiger partial charge is 0.345 e. The number of amides is 1. The fourth-order valence-corrected chi connectivity index (χ4v) is 4.10. The molecular weight excluding hydrogens is 390 g/mol. The average molecular weight is 416 g/mol. The van der Waals surface area contributed by atoms with Gasteiger partial charge < -0.3 is 9.64 Å². The Balaban J connectivity index is 1.87. The molecule has 1 aliphatic rings. The van der Waals surface area contributed by atoms with E-state index in [9.17, 15) is 14.4 Å². The van der Waals surface area contributed by atoms with Crippen molar-refractivity contribution in [2.24, 2.45) is 0 Å². The third-order valence-electron chi connectivity index (χ3n) is 4.72. The lowest BCUT2D eigenvalue weighted by Crippen LogP contribution is -2.41. The Bertz CT molecular complexity index is 908. The standard InChI is InChI=1S/C21H25N3O4S/c1-2-28-20(27)17-13-22-21(29-15-16-9-5-3-6-10-16)24(19(17)26)14-18(25)23-11-7-4-8-12-23/h3,5-6,9-10,13H,2,4,7-8,11-12,14-15H2,1H3. The molecule has 7 nitrogen and oxygen atoms in total. The Kier molecular flexibility index (Phi) is 7.46. The van der Waals surface area contributed by atoms with Gasteiger partial charge in [-0.15, -0.1) is 0 Å². The van der Waals surface area contributed by atoms with E-state index in [-0.39, 0.29) is 24.6 Å². The van der Waals surface area contributed by atoms with Gasteiger partial charge >= 0.3 is 5.97 Å². The molecule has 1 aliphatic heterocycles. The lowest BCUT2D eigenvalue weighted by Gasteiger charge is -2.27. The minimum Gasteiger partial charge on any atom is -0.462 e. The number of likely N-dealkylation sites (tertiary alicyclic amines) is 1. The van der Waals surface area contributed by atoms with Crippen LogP contribution in [0.2, 0.25) is 0 Å². The van der Waals surface area contributed by atoms with Gasteiger partial charge in [-0.05, 0) is 31.7 Å². The molecule has 8 heteroatoms. The van der Waals surface area contributed by atoms with Crippen LogP contribution >= 0.6 is 11.8 Å². The van der Waals surface area contributed by atoms with Crippen LogP contribution in [0.5, 0.6) is 0 Å². The van der Waals surface area contributed by atoms with Crippen molar-refractivity contribution in [3.63, 3.8) is 0 Å². The van der Waals surface area contributed by atoms with E-state index in [0.717, 1.165) is 24.8 Å². The molecule has 0 saturated carbocycles. The van der Waals surface area contributed by atoms with Gasteiger partial charge in [-0.3, -0.25) is 14.2 Å². The Morgan fingerprint density at radius 3 is 2.55 bits per heavy atom. The zero-order valence-corrected chi connectivity index (χ0v) is 17.3. The molecule has 0 aliphatic carbocycles. The topological polar surface area (TPSA) is 81.5 Å². The molecule has 2 aromatic rings. The number of nitrogens with zero attached hydrogens (tertiary/aromatic N) is 3. The molecule has 0 atom stereocenters. The van der Waals surface area contributed by atoms with Crippen molar-refractivity contribution in [1.82, 2.24) is 14.5 Å². The monoisotopic (exact) mass is 415 g/mol. The summed E-state index contributed by atoms with van der Waals surface area (Å²) < 4.78 is 6.26. The number of hydrogen-bond donors (Lipinski definition) is 0. The van der Waals surface area contributed by atoms with E-state index in [4.69, 9.17) is 4.74 Å². The fraction of sp³-hybridized carbons (Fsp3) is 0.429. The van der Waals surface area contributed by atoms with Crippen LogP contribution in [-0.4, -0.2) is 46.0 Å².